The quantitative estimate of drug-likeness (QED) is 0.748. The van der Waals surface area contributed by atoms with Crippen LogP contribution in [0, 0.1) is 0 Å². The zero-order valence-electron chi connectivity index (χ0n) is 9.18. The largest absolute Gasteiger partial charge is 0.255 e. The van der Waals surface area contributed by atoms with Crippen LogP contribution in [0.15, 0.2) is 24.5 Å². The van der Waals surface area contributed by atoms with E-state index >= 15 is 0 Å². The van der Waals surface area contributed by atoms with Crippen LogP contribution in [0.3, 0.4) is 0 Å². The Morgan fingerprint density at radius 2 is 2.00 bits per heavy atom. The van der Waals surface area contributed by atoms with Gasteiger partial charge in [0.25, 0.3) is 0 Å². The van der Waals surface area contributed by atoms with Crippen molar-refractivity contribution in [2.24, 2.45) is 7.05 Å². The molecule has 2 heterocycles. The Labute approximate surface area is 89.0 Å². The van der Waals surface area contributed by atoms with Crippen LogP contribution in [0.2, 0.25) is 0 Å². The van der Waals surface area contributed by atoms with E-state index in [9.17, 15) is 0 Å². The molecule has 0 spiro atoms. The standard InChI is InChI=1S/C11H14N4/c1-8(2)9-4-5-10(12-6-9)11-7-15(3)14-13-11/h4-8H,1-3H3. The van der Waals surface area contributed by atoms with E-state index in [-0.39, 0.29) is 0 Å². The Balaban J connectivity index is 2.31. The van der Waals surface area contributed by atoms with Gasteiger partial charge in [-0.1, -0.05) is 25.1 Å². The molecular weight excluding hydrogens is 188 g/mol. The van der Waals surface area contributed by atoms with E-state index in [1.165, 1.54) is 5.56 Å². The highest BCUT2D eigenvalue weighted by Crippen LogP contribution is 2.17. The summed E-state index contributed by atoms with van der Waals surface area (Å²) < 4.78 is 1.67. The second-order valence-corrected chi connectivity index (χ2v) is 3.91. The molecule has 2 rings (SSSR count). The normalized spacial score (nSPS) is 10.9. The van der Waals surface area contributed by atoms with Gasteiger partial charge in [0.1, 0.15) is 5.69 Å². The zero-order chi connectivity index (χ0) is 10.8. The lowest BCUT2D eigenvalue weighted by Crippen LogP contribution is -1.90. The molecule has 0 fully saturated rings. The molecular formula is C11H14N4. The molecule has 4 nitrogen and oxygen atoms in total. The maximum absolute atomic E-state index is 4.37. The van der Waals surface area contributed by atoms with Gasteiger partial charge in [0.05, 0.1) is 11.9 Å². The Bertz CT molecular complexity index is 442. The Morgan fingerprint density at radius 1 is 1.20 bits per heavy atom. The van der Waals surface area contributed by atoms with E-state index in [0.29, 0.717) is 5.92 Å². The first-order valence-corrected chi connectivity index (χ1v) is 4.99. The van der Waals surface area contributed by atoms with Crippen molar-refractivity contribution in [2.75, 3.05) is 0 Å². The molecule has 0 aliphatic carbocycles. The van der Waals surface area contributed by atoms with E-state index in [2.05, 4.69) is 35.2 Å². The lowest BCUT2D eigenvalue weighted by molar-refractivity contribution is 0.715. The van der Waals surface area contributed by atoms with Crippen LogP contribution in [-0.4, -0.2) is 20.0 Å². The molecule has 0 aliphatic rings. The van der Waals surface area contributed by atoms with Gasteiger partial charge < -0.3 is 0 Å². The molecule has 15 heavy (non-hydrogen) atoms. The summed E-state index contributed by atoms with van der Waals surface area (Å²) in [6, 6.07) is 4.07. The SMILES string of the molecule is CC(C)c1ccc(-c2cn(C)nn2)nc1. The first kappa shape index (κ1) is 9.83. The number of nitrogens with zero attached hydrogens (tertiary/aromatic N) is 4. The molecule has 0 bridgehead atoms. The number of hydrogen-bond donors (Lipinski definition) is 0. The molecule has 0 N–H and O–H groups in total. The van der Waals surface area contributed by atoms with Crippen molar-refractivity contribution < 1.29 is 0 Å². The number of pyridine rings is 1. The summed E-state index contributed by atoms with van der Waals surface area (Å²) in [5, 5.41) is 7.89. The monoisotopic (exact) mass is 202 g/mol. The van der Waals surface area contributed by atoms with Gasteiger partial charge in [0.15, 0.2) is 0 Å². The summed E-state index contributed by atoms with van der Waals surface area (Å²) in [6.07, 6.45) is 3.76. The van der Waals surface area contributed by atoms with E-state index in [0.717, 1.165) is 11.4 Å². The Kier molecular flexibility index (Phi) is 2.49. The third-order valence-corrected chi connectivity index (χ3v) is 2.32. The van der Waals surface area contributed by atoms with Gasteiger partial charge in [-0.15, -0.1) is 5.10 Å². The summed E-state index contributed by atoms with van der Waals surface area (Å²) in [7, 11) is 1.85. The average molecular weight is 202 g/mol. The third-order valence-electron chi connectivity index (χ3n) is 2.32. The van der Waals surface area contributed by atoms with Crippen molar-refractivity contribution in [2.45, 2.75) is 19.8 Å². The zero-order valence-corrected chi connectivity index (χ0v) is 9.18. The van der Waals surface area contributed by atoms with Gasteiger partial charge in [-0.25, -0.2) is 0 Å². The van der Waals surface area contributed by atoms with Gasteiger partial charge in [-0.2, -0.15) is 0 Å². The van der Waals surface area contributed by atoms with Crippen molar-refractivity contribution in [3.63, 3.8) is 0 Å². The maximum Gasteiger partial charge on any atom is 0.131 e. The number of aromatic nitrogens is 4. The summed E-state index contributed by atoms with van der Waals surface area (Å²) in [6.45, 7) is 4.30. The van der Waals surface area contributed by atoms with E-state index in [1.807, 2.05) is 25.5 Å². The fourth-order valence-electron chi connectivity index (χ4n) is 1.36. The van der Waals surface area contributed by atoms with Crippen molar-refractivity contribution >= 4 is 0 Å². The smallest absolute Gasteiger partial charge is 0.131 e. The summed E-state index contributed by atoms with van der Waals surface area (Å²) in [5.74, 6) is 0.508. The highest BCUT2D eigenvalue weighted by atomic mass is 15.4. The van der Waals surface area contributed by atoms with Crippen molar-refractivity contribution in [1.82, 2.24) is 20.0 Å². The number of rotatable bonds is 2. The predicted octanol–water partition coefficient (Wildman–Crippen LogP) is 2.00. The van der Waals surface area contributed by atoms with Crippen molar-refractivity contribution in [3.05, 3.63) is 30.1 Å². The van der Waals surface area contributed by atoms with Crippen LogP contribution in [-0.2, 0) is 7.05 Å². The molecule has 4 heteroatoms. The minimum absolute atomic E-state index is 0.508. The van der Waals surface area contributed by atoms with Gasteiger partial charge in [-0.3, -0.25) is 9.67 Å². The van der Waals surface area contributed by atoms with E-state index in [1.54, 1.807) is 4.68 Å². The minimum atomic E-state index is 0.508. The van der Waals surface area contributed by atoms with E-state index in [4.69, 9.17) is 0 Å². The highest BCUT2D eigenvalue weighted by molar-refractivity contribution is 5.52. The van der Waals surface area contributed by atoms with Crippen LogP contribution in [0.5, 0.6) is 0 Å². The Morgan fingerprint density at radius 3 is 2.47 bits per heavy atom. The molecule has 0 saturated heterocycles. The molecule has 0 radical (unpaired) electrons. The second kappa shape index (κ2) is 3.81. The molecule has 0 amide bonds. The highest BCUT2D eigenvalue weighted by Gasteiger charge is 2.04. The van der Waals surface area contributed by atoms with Crippen LogP contribution >= 0.6 is 0 Å². The average Bonchev–Trinajstić information content (AvgIpc) is 2.65. The second-order valence-electron chi connectivity index (χ2n) is 3.91. The summed E-state index contributed by atoms with van der Waals surface area (Å²) in [5.41, 5.74) is 2.92. The summed E-state index contributed by atoms with van der Waals surface area (Å²) >= 11 is 0. The van der Waals surface area contributed by atoms with Gasteiger partial charge >= 0.3 is 0 Å². The minimum Gasteiger partial charge on any atom is -0.255 e. The topological polar surface area (TPSA) is 43.6 Å². The fraction of sp³-hybridized carbons (Fsp3) is 0.364. The lowest BCUT2D eigenvalue weighted by atomic mass is 10.1. The van der Waals surface area contributed by atoms with Crippen LogP contribution in [0.4, 0.5) is 0 Å². The fourth-order valence-corrected chi connectivity index (χ4v) is 1.36. The Hall–Kier alpha value is -1.71. The molecule has 0 unspecified atom stereocenters. The number of hydrogen-bond acceptors (Lipinski definition) is 3. The maximum atomic E-state index is 4.37. The van der Waals surface area contributed by atoms with Gasteiger partial charge in [0.2, 0.25) is 0 Å². The molecule has 0 saturated carbocycles. The van der Waals surface area contributed by atoms with Gasteiger partial charge in [0, 0.05) is 13.2 Å². The lowest BCUT2D eigenvalue weighted by Gasteiger charge is -2.04. The molecule has 0 atom stereocenters. The molecule has 2 aromatic heterocycles. The van der Waals surface area contributed by atoms with E-state index < -0.39 is 0 Å². The van der Waals surface area contributed by atoms with Gasteiger partial charge in [-0.05, 0) is 17.5 Å². The molecule has 2 aromatic rings. The van der Waals surface area contributed by atoms with Crippen molar-refractivity contribution in [1.29, 1.82) is 0 Å². The third kappa shape index (κ3) is 2.03. The first-order chi connectivity index (χ1) is 7.16. The van der Waals surface area contributed by atoms with Crippen LogP contribution < -0.4 is 0 Å². The van der Waals surface area contributed by atoms with Crippen LogP contribution in [0.1, 0.15) is 25.3 Å². The number of aryl methyl sites for hydroxylation is 1. The van der Waals surface area contributed by atoms with Crippen molar-refractivity contribution in [3.8, 4) is 11.4 Å². The molecule has 0 aromatic carbocycles. The molecule has 78 valence electrons. The van der Waals surface area contributed by atoms with Crippen LogP contribution in [0.25, 0.3) is 11.4 Å². The predicted molar refractivity (Wildman–Crippen MR) is 58.3 cm³/mol. The summed E-state index contributed by atoms with van der Waals surface area (Å²) in [4.78, 5) is 4.37. The first-order valence-electron chi connectivity index (χ1n) is 4.99. The molecule has 0 aliphatic heterocycles.